The molecule has 0 radical (unpaired) electrons. The Morgan fingerprint density at radius 3 is 2.59 bits per heavy atom. The number of carbonyl (C=O) groups is 4. The number of amides is 2. The van der Waals surface area contributed by atoms with E-state index in [2.05, 4.69) is 22.9 Å². The SMILES string of the molecule is NC(Cc1ccccc1)C(=O)N(C(=O)C1CCCN1)C(Cc1cn(C(=O)CCS)cn1)C(=O)O. The summed E-state index contributed by atoms with van der Waals surface area (Å²) < 4.78 is 1.25. The molecule has 11 heteroatoms. The van der Waals surface area contributed by atoms with Gasteiger partial charge in [0, 0.05) is 19.0 Å². The zero-order valence-corrected chi connectivity index (χ0v) is 19.6. The van der Waals surface area contributed by atoms with Crippen molar-refractivity contribution in [2.75, 3.05) is 12.3 Å². The van der Waals surface area contributed by atoms with Crippen LogP contribution in [0.25, 0.3) is 0 Å². The number of carboxylic acid groups (broad SMARTS) is 1. The van der Waals surface area contributed by atoms with E-state index >= 15 is 0 Å². The molecule has 1 fully saturated rings. The molecule has 3 atom stereocenters. The number of imide groups is 1. The summed E-state index contributed by atoms with van der Waals surface area (Å²) in [6.45, 7) is 0.601. The summed E-state index contributed by atoms with van der Waals surface area (Å²) in [6.07, 6.45) is 4.02. The molecule has 4 N–H and O–H groups in total. The molecular weight excluding hydrogens is 458 g/mol. The van der Waals surface area contributed by atoms with Crippen LogP contribution in [0.1, 0.15) is 35.3 Å². The van der Waals surface area contributed by atoms with E-state index in [0.29, 0.717) is 18.7 Å². The minimum absolute atomic E-state index is 0.154. The number of aromatic nitrogens is 2. The van der Waals surface area contributed by atoms with Gasteiger partial charge in [0.2, 0.25) is 17.7 Å². The molecule has 0 saturated carbocycles. The first-order chi connectivity index (χ1) is 16.3. The summed E-state index contributed by atoms with van der Waals surface area (Å²) in [7, 11) is 0. The highest BCUT2D eigenvalue weighted by molar-refractivity contribution is 7.80. The number of aliphatic carboxylic acids is 1. The topological polar surface area (TPSA) is 148 Å². The van der Waals surface area contributed by atoms with Crippen LogP contribution >= 0.6 is 12.6 Å². The van der Waals surface area contributed by atoms with E-state index in [9.17, 15) is 24.3 Å². The van der Waals surface area contributed by atoms with Gasteiger partial charge in [0.25, 0.3) is 0 Å². The fourth-order valence-corrected chi connectivity index (χ4v) is 4.12. The van der Waals surface area contributed by atoms with E-state index in [1.54, 1.807) is 12.1 Å². The zero-order chi connectivity index (χ0) is 24.7. The number of imidazole rings is 1. The van der Waals surface area contributed by atoms with Crippen LogP contribution in [0.15, 0.2) is 42.9 Å². The van der Waals surface area contributed by atoms with E-state index in [1.165, 1.54) is 17.1 Å². The molecule has 2 amide bonds. The smallest absolute Gasteiger partial charge is 0.327 e. The quantitative estimate of drug-likeness (QED) is 0.355. The molecule has 0 bridgehead atoms. The zero-order valence-electron chi connectivity index (χ0n) is 18.7. The molecule has 1 aromatic heterocycles. The van der Waals surface area contributed by atoms with E-state index in [1.807, 2.05) is 18.2 Å². The third-order valence-electron chi connectivity index (χ3n) is 5.70. The summed E-state index contributed by atoms with van der Waals surface area (Å²) in [5.41, 5.74) is 7.23. The van der Waals surface area contributed by atoms with Gasteiger partial charge < -0.3 is 16.2 Å². The molecule has 34 heavy (non-hydrogen) atoms. The van der Waals surface area contributed by atoms with Gasteiger partial charge in [-0.25, -0.2) is 9.78 Å². The second-order valence-corrected chi connectivity index (χ2v) is 8.64. The van der Waals surface area contributed by atoms with E-state index in [-0.39, 0.29) is 30.9 Å². The number of carboxylic acids is 1. The van der Waals surface area contributed by atoms with Crippen molar-refractivity contribution in [2.45, 2.75) is 50.2 Å². The number of nitrogens with one attached hydrogen (secondary N) is 1. The molecule has 3 unspecified atom stereocenters. The molecule has 2 aromatic rings. The van der Waals surface area contributed by atoms with Crippen molar-refractivity contribution in [3.63, 3.8) is 0 Å². The summed E-state index contributed by atoms with van der Waals surface area (Å²) >= 11 is 4.04. The summed E-state index contributed by atoms with van der Waals surface area (Å²) in [5.74, 6) is -2.63. The van der Waals surface area contributed by atoms with Crippen molar-refractivity contribution in [1.82, 2.24) is 19.8 Å². The molecule has 1 saturated heterocycles. The van der Waals surface area contributed by atoms with Crippen molar-refractivity contribution in [3.8, 4) is 0 Å². The lowest BCUT2D eigenvalue weighted by atomic mass is 10.0. The van der Waals surface area contributed by atoms with E-state index in [4.69, 9.17) is 5.73 Å². The monoisotopic (exact) mass is 487 g/mol. The van der Waals surface area contributed by atoms with E-state index in [0.717, 1.165) is 16.9 Å². The van der Waals surface area contributed by atoms with Gasteiger partial charge >= 0.3 is 5.97 Å². The van der Waals surface area contributed by atoms with Gasteiger partial charge in [0.05, 0.1) is 17.8 Å². The molecule has 0 spiro atoms. The van der Waals surface area contributed by atoms with E-state index < -0.39 is 35.9 Å². The minimum atomic E-state index is -1.52. The van der Waals surface area contributed by atoms with Crippen LogP contribution in [0.5, 0.6) is 0 Å². The number of rotatable bonds is 10. The Labute approximate surface area is 202 Å². The standard InChI is InChI=1S/C23H29N5O5S/c24-17(11-15-5-2-1-3-6-15)21(30)28(22(31)18-7-4-9-25-18)19(23(32)33)12-16-13-27(14-26-16)20(29)8-10-34/h1-3,5-6,13-14,17-19,25,34H,4,7-12,24H2,(H,32,33). The number of hydrogen-bond donors (Lipinski definition) is 4. The van der Waals surface area contributed by atoms with Crippen molar-refractivity contribution < 1.29 is 24.3 Å². The largest absolute Gasteiger partial charge is 0.480 e. The molecule has 1 aliphatic rings. The number of carbonyl (C=O) groups excluding carboxylic acids is 3. The van der Waals surface area contributed by atoms with Crippen LogP contribution in [0.4, 0.5) is 0 Å². The molecule has 2 heterocycles. The molecule has 0 aliphatic carbocycles. The second-order valence-electron chi connectivity index (χ2n) is 8.19. The van der Waals surface area contributed by atoms with Gasteiger partial charge in [0.15, 0.2) is 0 Å². The summed E-state index contributed by atoms with van der Waals surface area (Å²) in [6, 6.07) is 5.77. The number of thiol groups is 1. The number of nitrogens with two attached hydrogens (primary N) is 1. The van der Waals surface area contributed by atoms with Crippen LogP contribution in [0.2, 0.25) is 0 Å². The van der Waals surface area contributed by atoms with Gasteiger partial charge in [-0.2, -0.15) is 12.6 Å². The molecule has 10 nitrogen and oxygen atoms in total. The van der Waals surface area contributed by atoms with Crippen LogP contribution in [-0.4, -0.2) is 73.7 Å². The highest BCUT2D eigenvalue weighted by atomic mass is 32.1. The predicted molar refractivity (Wildman–Crippen MR) is 127 cm³/mol. The summed E-state index contributed by atoms with van der Waals surface area (Å²) in [5, 5.41) is 13.0. The van der Waals surface area contributed by atoms with Crippen LogP contribution < -0.4 is 11.1 Å². The third kappa shape index (κ3) is 6.31. The first-order valence-corrected chi connectivity index (χ1v) is 11.7. The Morgan fingerprint density at radius 2 is 1.97 bits per heavy atom. The number of benzene rings is 1. The van der Waals surface area contributed by atoms with Gasteiger partial charge in [0.1, 0.15) is 12.4 Å². The normalized spacial score (nSPS) is 17.2. The predicted octanol–water partition coefficient (Wildman–Crippen LogP) is 0.516. The Morgan fingerprint density at radius 1 is 1.24 bits per heavy atom. The first-order valence-electron chi connectivity index (χ1n) is 11.1. The lowest BCUT2D eigenvalue weighted by Crippen LogP contribution is -2.59. The van der Waals surface area contributed by atoms with Crippen molar-refractivity contribution >= 4 is 36.3 Å². The van der Waals surface area contributed by atoms with Gasteiger partial charge in [-0.05, 0) is 37.1 Å². The molecular formula is C23H29N5O5S. The Balaban J connectivity index is 1.87. The first kappa shape index (κ1) is 25.6. The average molecular weight is 488 g/mol. The highest BCUT2D eigenvalue weighted by Crippen LogP contribution is 2.17. The lowest BCUT2D eigenvalue weighted by Gasteiger charge is -2.31. The van der Waals surface area contributed by atoms with Gasteiger partial charge in [-0.3, -0.25) is 23.9 Å². The third-order valence-corrected chi connectivity index (χ3v) is 5.92. The molecule has 1 aliphatic heterocycles. The maximum absolute atomic E-state index is 13.4. The van der Waals surface area contributed by atoms with Crippen LogP contribution in [0, 0.1) is 0 Å². The Kier molecular flexibility index (Phi) is 8.97. The Hall–Kier alpha value is -3.02. The second kappa shape index (κ2) is 11.9. The fourth-order valence-electron chi connectivity index (χ4n) is 3.93. The Bertz CT molecular complexity index is 1020. The van der Waals surface area contributed by atoms with Crippen molar-refractivity contribution in [3.05, 3.63) is 54.1 Å². The maximum atomic E-state index is 13.4. The minimum Gasteiger partial charge on any atom is -0.480 e. The number of hydrogen-bond acceptors (Lipinski definition) is 8. The van der Waals surface area contributed by atoms with Crippen LogP contribution in [0.3, 0.4) is 0 Å². The summed E-state index contributed by atoms with van der Waals surface area (Å²) in [4.78, 5) is 55.9. The maximum Gasteiger partial charge on any atom is 0.327 e. The van der Waals surface area contributed by atoms with Crippen molar-refractivity contribution in [2.24, 2.45) is 5.73 Å². The average Bonchev–Trinajstić information content (AvgIpc) is 3.51. The van der Waals surface area contributed by atoms with Gasteiger partial charge in [-0.1, -0.05) is 30.3 Å². The molecule has 1 aromatic carbocycles. The molecule has 182 valence electrons. The molecule has 3 rings (SSSR count). The number of nitrogens with zero attached hydrogens (tertiary/aromatic N) is 3. The fraction of sp³-hybridized carbons (Fsp3) is 0.435. The highest BCUT2D eigenvalue weighted by Gasteiger charge is 2.41. The van der Waals surface area contributed by atoms with Gasteiger partial charge in [-0.15, -0.1) is 0 Å². The van der Waals surface area contributed by atoms with Crippen LogP contribution in [-0.2, 0) is 27.2 Å². The van der Waals surface area contributed by atoms with Crippen molar-refractivity contribution in [1.29, 1.82) is 0 Å². The lowest BCUT2D eigenvalue weighted by molar-refractivity contribution is -0.159.